The van der Waals surface area contributed by atoms with E-state index in [2.05, 4.69) is 21.3 Å². The molecule has 1 amide bonds. The average molecular weight is 447 g/mol. The maximum absolute atomic E-state index is 12.7. The van der Waals surface area contributed by atoms with Crippen LogP contribution < -0.4 is 14.8 Å². The van der Waals surface area contributed by atoms with E-state index in [0.717, 1.165) is 60.9 Å². The molecule has 0 spiro atoms. The number of nitrogens with one attached hydrogen (secondary N) is 1. The number of methoxy groups -OCH3 is 2. The molecule has 1 aliphatic heterocycles. The molecule has 0 aliphatic carbocycles. The van der Waals surface area contributed by atoms with Gasteiger partial charge >= 0.3 is 0 Å². The number of benzene rings is 2. The lowest BCUT2D eigenvalue weighted by Gasteiger charge is -2.35. The Balaban J connectivity index is 1.52. The van der Waals surface area contributed by atoms with Crippen molar-refractivity contribution < 1.29 is 14.3 Å². The first kappa shape index (κ1) is 22.7. The van der Waals surface area contributed by atoms with E-state index in [0.29, 0.717) is 11.3 Å². The van der Waals surface area contributed by atoms with Gasteiger partial charge in [0, 0.05) is 18.4 Å². The average Bonchev–Trinajstić information content (AvgIpc) is 2.84. The van der Waals surface area contributed by atoms with E-state index in [9.17, 15) is 4.79 Å². The van der Waals surface area contributed by atoms with Crippen molar-refractivity contribution in [1.29, 1.82) is 0 Å². The summed E-state index contributed by atoms with van der Waals surface area (Å²) in [5, 5.41) is 2.91. The molecule has 1 aromatic heterocycles. The summed E-state index contributed by atoms with van der Waals surface area (Å²) in [7, 11) is 3.29. The number of hydrogen-bond acceptors (Lipinski definition) is 6. The Morgan fingerprint density at radius 1 is 1.09 bits per heavy atom. The van der Waals surface area contributed by atoms with Crippen LogP contribution in [0.1, 0.15) is 52.7 Å². The number of para-hydroxylation sites is 1. The lowest BCUT2D eigenvalue weighted by atomic mass is 10.00. The maximum atomic E-state index is 12.7. The second kappa shape index (κ2) is 10.4. The molecule has 1 N–H and O–H groups in total. The molecule has 172 valence electrons. The third-order valence-corrected chi connectivity index (χ3v) is 6.02. The second-order valence-corrected chi connectivity index (χ2v) is 8.22. The van der Waals surface area contributed by atoms with Crippen molar-refractivity contribution in [3.05, 3.63) is 77.4 Å². The van der Waals surface area contributed by atoms with Gasteiger partial charge in [0.15, 0.2) is 11.5 Å². The van der Waals surface area contributed by atoms with Crippen molar-refractivity contribution in [2.45, 2.75) is 38.8 Å². The summed E-state index contributed by atoms with van der Waals surface area (Å²) in [4.78, 5) is 24.5. The Labute approximate surface area is 194 Å². The van der Waals surface area contributed by atoms with E-state index in [4.69, 9.17) is 14.5 Å². The van der Waals surface area contributed by atoms with Gasteiger partial charge in [-0.05, 0) is 56.1 Å². The number of anilines is 1. The van der Waals surface area contributed by atoms with Gasteiger partial charge in [-0.2, -0.15) is 0 Å². The number of amides is 1. The lowest BCUT2D eigenvalue weighted by Crippen LogP contribution is -2.34. The quantitative estimate of drug-likeness (QED) is 0.563. The van der Waals surface area contributed by atoms with Crippen LogP contribution in [0, 0.1) is 6.92 Å². The highest BCUT2D eigenvalue weighted by Crippen LogP contribution is 2.33. The van der Waals surface area contributed by atoms with Gasteiger partial charge in [0.1, 0.15) is 5.82 Å². The highest BCUT2D eigenvalue weighted by molar-refractivity contribution is 6.04. The molecule has 1 atom stereocenters. The fourth-order valence-corrected chi connectivity index (χ4v) is 4.27. The first-order valence-electron chi connectivity index (χ1n) is 11.2. The van der Waals surface area contributed by atoms with Crippen molar-refractivity contribution in [2.24, 2.45) is 0 Å². The van der Waals surface area contributed by atoms with Crippen LogP contribution in [-0.2, 0) is 6.54 Å². The van der Waals surface area contributed by atoms with Crippen LogP contribution in [0.3, 0.4) is 0 Å². The maximum Gasteiger partial charge on any atom is 0.259 e. The summed E-state index contributed by atoms with van der Waals surface area (Å²) in [6.45, 7) is 3.61. The summed E-state index contributed by atoms with van der Waals surface area (Å²) in [5.41, 5.74) is 3.07. The fourth-order valence-electron chi connectivity index (χ4n) is 4.27. The zero-order valence-electron chi connectivity index (χ0n) is 19.4. The number of carbonyl (C=O) groups is 1. The Kier molecular flexibility index (Phi) is 7.19. The minimum absolute atomic E-state index is 0.108. The fraction of sp³-hybridized carbons (Fsp3) is 0.346. The van der Waals surface area contributed by atoms with E-state index in [1.807, 2.05) is 49.4 Å². The van der Waals surface area contributed by atoms with Crippen molar-refractivity contribution in [3.8, 4) is 11.5 Å². The molecule has 1 fully saturated rings. The molecule has 2 aromatic carbocycles. The van der Waals surface area contributed by atoms with Gasteiger partial charge in [-0.25, -0.2) is 9.97 Å². The van der Waals surface area contributed by atoms with Gasteiger partial charge in [-0.3, -0.25) is 9.69 Å². The smallest absolute Gasteiger partial charge is 0.259 e. The largest absolute Gasteiger partial charge is 0.493 e. The predicted octanol–water partition coefficient (Wildman–Crippen LogP) is 4.78. The number of aryl methyl sites for hydroxylation is 1. The first-order valence-corrected chi connectivity index (χ1v) is 11.2. The number of carbonyl (C=O) groups excluding carboxylic acids is 1. The van der Waals surface area contributed by atoms with Gasteiger partial charge in [0.2, 0.25) is 0 Å². The van der Waals surface area contributed by atoms with E-state index in [-0.39, 0.29) is 11.9 Å². The minimum atomic E-state index is -0.198. The third kappa shape index (κ3) is 5.31. The summed E-state index contributed by atoms with van der Waals surface area (Å²) >= 11 is 0. The zero-order valence-corrected chi connectivity index (χ0v) is 19.4. The molecule has 0 saturated carbocycles. The van der Waals surface area contributed by atoms with Crippen LogP contribution in [0.4, 0.5) is 5.69 Å². The summed E-state index contributed by atoms with van der Waals surface area (Å²) in [5.74, 6) is 2.02. The molecule has 1 unspecified atom stereocenters. The molecule has 1 aliphatic rings. The van der Waals surface area contributed by atoms with Gasteiger partial charge in [0.05, 0.1) is 31.5 Å². The molecule has 3 aromatic rings. The SMILES string of the molecule is COc1ccc(CN2CCCCC2c2ncc(C(=O)Nc3ccccc3)c(C)n2)cc1OC. The van der Waals surface area contributed by atoms with E-state index in [1.165, 1.54) is 0 Å². The highest BCUT2D eigenvalue weighted by Gasteiger charge is 2.27. The summed E-state index contributed by atoms with van der Waals surface area (Å²) in [6.07, 6.45) is 4.91. The van der Waals surface area contributed by atoms with E-state index < -0.39 is 0 Å². The van der Waals surface area contributed by atoms with E-state index in [1.54, 1.807) is 20.4 Å². The Morgan fingerprint density at radius 3 is 2.61 bits per heavy atom. The zero-order chi connectivity index (χ0) is 23.2. The normalized spacial score (nSPS) is 16.3. The molecule has 0 bridgehead atoms. The monoisotopic (exact) mass is 446 g/mol. The van der Waals surface area contributed by atoms with Gasteiger partial charge in [-0.15, -0.1) is 0 Å². The number of ether oxygens (including phenoxy) is 2. The molecule has 33 heavy (non-hydrogen) atoms. The van der Waals surface area contributed by atoms with Crippen LogP contribution in [0.25, 0.3) is 0 Å². The third-order valence-electron chi connectivity index (χ3n) is 6.02. The van der Waals surface area contributed by atoms with E-state index >= 15 is 0 Å². The number of nitrogens with zero attached hydrogens (tertiary/aromatic N) is 3. The molecular weight excluding hydrogens is 416 g/mol. The number of piperidine rings is 1. The van der Waals surface area contributed by atoms with Gasteiger partial charge in [0.25, 0.3) is 5.91 Å². The molecule has 0 radical (unpaired) electrons. The molecule has 7 nitrogen and oxygen atoms in total. The second-order valence-electron chi connectivity index (χ2n) is 8.22. The number of rotatable bonds is 7. The van der Waals surface area contributed by atoms with Crippen molar-refractivity contribution in [1.82, 2.24) is 14.9 Å². The van der Waals surface area contributed by atoms with Gasteiger partial charge < -0.3 is 14.8 Å². The molecule has 4 rings (SSSR count). The van der Waals surface area contributed by atoms with Crippen LogP contribution in [0.15, 0.2) is 54.7 Å². The number of hydrogen-bond donors (Lipinski definition) is 1. The standard InChI is InChI=1S/C26H30N4O3/c1-18-21(26(31)29-20-9-5-4-6-10-20)16-27-25(28-18)22-11-7-8-14-30(22)17-19-12-13-23(32-2)24(15-19)33-3/h4-6,9-10,12-13,15-16,22H,7-8,11,14,17H2,1-3H3,(H,29,31). The molecule has 7 heteroatoms. The lowest BCUT2D eigenvalue weighted by molar-refractivity contribution is 0.102. The van der Waals surface area contributed by atoms with Crippen LogP contribution in [0.2, 0.25) is 0 Å². The number of aromatic nitrogens is 2. The summed E-state index contributed by atoms with van der Waals surface area (Å²) < 4.78 is 10.8. The first-order chi connectivity index (χ1) is 16.1. The topological polar surface area (TPSA) is 76.6 Å². The van der Waals surface area contributed by atoms with Crippen LogP contribution in [-0.4, -0.2) is 41.5 Å². The molecule has 1 saturated heterocycles. The Hall–Kier alpha value is -3.45. The highest BCUT2D eigenvalue weighted by atomic mass is 16.5. The van der Waals surface area contributed by atoms with Gasteiger partial charge in [-0.1, -0.05) is 30.7 Å². The molecule has 2 heterocycles. The van der Waals surface area contributed by atoms with Crippen LogP contribution >= 0.6 is 0 Å². The van der Waals surface area contributed by atoms with Crippen molar-refractivity contribution in [2.75, 3.05) is 26.1 Å². The minimum Gasteiger partial charge on any atom is -0.493 e. The van der Waals surface area contributed by atoms with Crippen molar-refractivity contribution >= 4 is 11.6 Å². The number of likely N-dealkylation sites (tertiary alicyclic amines) is 1. The Morgan fingerprint density at radius 2 is 1.88 bits per heavy atom. The van der Waals surface area contributed by atoms with Crippen molar-refractivity contribution in [3.63, 3.8) is 0 Å². The predicted molar refractivity (Wildman–Crippen MR) is 128 cm³/mol. The molecular formula is C26H30N4O3. The Bertz CT molecular complexity index is 1100. The van der Waals surface area contributed by atoms with Crippen LogP contribution in [0.5, 0.6) is 11.5 Å². The summed E-state index contributed by atoms with van der Waals surface area (Å²) in [6, 6.07) is 15.5.